The van der Waals surface area contributed by atoms with Crippen molar-refractivity contribution in [3.8, 4) is 17.8 Å². The van der Waals surface area contributed by atoms with Crippen molar-refractivity contribution in [1.29, 1.82) is 5.26 Å². The summed E-state index contributed by atoms with van der Waals surface area (Å²) in [6.45, 7) is 5.24. The molecule has 0 saturated carbocycles. The van der Waals surface area contributed by atoms with Crippen molar-refractivity contribution in [3.05, 3.63) is 35.5 Å². The third-order valence-corrected chi connectivity index (χ3v) is 9.02. The van der Waals surface area contributed by atoms with E-state index in [1.807, 2.05) is 4.90 Å². The molecule has 1 N–H and O–H groups in total. The molecule has 1 aromatic carbocycles. The van der Waals surface area contributed by atoms with Crippen LogP contribution in [0.5, 0.6) is 11.8 Å². The molecule has 10 nitrogen and oxygen atoms in total. The van der Waals surface area contributed by atoms with Crippen LogP contribution >= 0.6 is 0 Å². The highest BCUT2D eigenvalue weighted by Crippen LogP contribution is 2.43. The van der Waals surface area contributed by atoms with Crippen molar-refractivity contribution in [3.63, 3.8) is 0 Å². The Bertz CT molecular complexity index is 1600. The lowest BCUT2D eigenvalue weighted by Gasteiger charge is -2.35. The van der Waals surface area contributed by atoms with E-state index < -0.39 is 23.3 Å². The van der Waals surface area contributed by atoms with Crippen LogP contribution in [0.15, 0.2) is 18.3 Å². The number of pyridine rings is 1. The van der Waals surface area contributed by atoms with Crippen LogP contribution < -0.4 is 24.6 Å². The van der Waals surface area contributed by atoms with Gasteiger partial charge >= 0.3 is 6.01 Å². The maximum atomic E-state index is 16.5. The van der Waals surface area contributed by atoms with Crippen molar-refractivity contribution < 1.29 is 22.6 Å². The largest absolute Gasteiger partial charge is 0.489 e. The molecule has 3 fully saturated rings. The number of rotatable bonds is 6. The number of nitrogens with zero attached hydrogens (tertiary/aromatic N) is 7. The highest BCUT2D eigenvalue weighted by atomic mass is 19.1. The Morgan fingerprint density at radius 1 is 1.19 bits per heavy atom. The number of nitriles is 1. The number of nitrogens with one attached hydrogen (secondary N) is 1. The smallest absolute Gasteiger partial charge is 0.319 e. The fourth-order valence-electron chi connectivity index (χ4n) is 7.06. The van der Waals surface area contributed by atoms with Gasteiger partial charge in [-0.25, -0.2) is 18.2 Å². The first kappa shape index (κ1) is 27.9. The highest BCUT2D eigenvalue weighted by Gasteiger charge is 2.49. The zero-order valence-corrected chi connectivity index (χ0v) is 24.0. The van der Waals surface area contributed by atoms with Gasteiger partial charge in [-0.05, 0) is 44.0 Å². The molecule has 226 valence electrons. The van der Waals surface area contributed by atoms with Gasteiger partial charge in [0.05, 0.1) is 30.0 Å². The minimum absolute atomic E-state index is 0.00324. The number of aromatic nitrogens is 3. The molecule has 4 aliphatic rings. The lowest BCUT2D eigenvalue weighted by molar-refractivity contribution is 0.107. The number of alkyl halides is 1. The van der Waals surface area contributed by atoms with Gasteiger partial charge in [-0.2, -0.15) is 15.2 Å². The molecule has 0 amide bonds. The lowest BCUT2D eigenvalue weighted by atomic mass is 9.95. The van der Waals surface area contributed by atoms with E-state index in [0.29, 0.717) is 61.5 Å². The molecule has 0 aliphatic carbocycles. The van der Waals surface area contributed by atoms with Crippen molar-refractivity contribution >= 4 is 28.2 Å². The second-order valence-electron chi connectivity index (χ2n) is 11.9. The number of fused-ring (bicyclic) bond motifs is 3. The third-order valence-electron chi connectivity index (χ3n) is 9.02. The van der Waals surface area contributed by atoms with E-state index in [1.54, 1.807) is 13.0 Å². The number of piperazine rings is 1. The van der Waals surface area contributed by atoms with Gasteiger partial charge in [-0.1, -0.05) is 0 Å². The summed E-state index contributed by atoms with van der Waals surface area (Å²) in [5, 5.41) is 13.0. The number of hydrogen-bond donors (Lipinski definition) is 1. The molecule has 6 heterocycles. The molecule has 4 aliphatic heterocycles. The normalized spacial score (nSPS) is 25.4. The molecular weight excluding hydrogens is 561 g/mol. The summed E-state index contributed by atoms with van der Waals surface area (Å²) in [5.41, 5.74) is 0.380. The predicted octanol–water partition coefficient (Wildman–Crippen LogP) is 3.79. The van der Waals surface area contributed by atoms with Gasteiger partial charge in [-0.15, -0.1) is 0 Å². The first-order valence-corrected chi connectivity index (χ1v) is 14.8. The minimum atomic E-state index is -0.915. The average molecular weight is 595 g/mol. The van der Waals surface area contributed by atoms with Crippen LogP contribution in [0.3, 0.4) is 0 Å². The van der Waals surface area contributed by atoms with E-state index >= 15 is 8.78 Å². The monoisotopic (exact) mass is 594 g/mol. The van der Waals surface area contributed by atoms with E-state index in [-0.39, 0.29) is 48.8 Å². The summed E-state index contributed by atoms with van der Waals surface area (Å²) >= 11 is 0. The van der Waals surface area contributed by atoms with E-state index in [0.717, 1.165) is 19.4 Å². The van der Waals surface area contributed by atoms with Crippen molar-refractivity contribution in [2.75, 3.05) is 62.3 Å². The van der Waals surface area contributed by atoms with Gasteiger partial charge < -0.3 is 24.6 Å². The minimum Gasteiger partial charge on any atom is -0.489 e. The fraction of sp³-hybridized carbons (Fsp3) is 0.533. The van der Waals surface area contributed by atoms with Crippen LogP contribution in [0, 0.1) is 29.9 Å². The Hall–Kier alpha value is -3.89. The molecule has 0 unspecified atom stereocenters. The summed E-state index contributed by atoms with van der Waals surface area (Å²) in [6.07, 6.45) is 3.06. The molecule has 3 atom stereocenters. The van der Waals surface area contributed by atoms with Gasteiger partial charge in [0.25, 0.3) is 0 Å². The van der Waals surface area contributed by atoms with Gasteiger partial charge in [0.1, 0.15) is 42.2 Å². The van der Waals surface area contributed by atoms with Crippen LogP contribution in [0.2, 0.25) is 0 Å². The van der Waals surface area contributed by atoms with Crippen LogP contribution in [0.4, 0.5) is 30.5 Å². The molecule has 2 aromatic heterocycles. The first-order valence-electron chi connectivity index (χ1n) is 14.8. The Morgan fingerprint density at radius 2 is 2.07 bits per heavy atom. The van der Waals surface area contributed by atoms with Gasteiger partial charge in [-0.3, -0.25) is 4.90 Å². The van der Waals surface area contributed by atoms with Crippen LogP contribution in [0.1, 0.15) is 31.2 Å². The van der Waals surface area contributed by atoms with E-state index in [4.69, 9.17) is 14.5 Å². The molecular formula is C30H33F3N8O2. The maximum Gasteiger partial charge on any atom is 0.319 e. The van der Waals surface area contributed by atoms with Crippen molar-refractivity contribution in [2.45, 2.75) is 50.4 Å². The Morgan fingerprint density at radius 3 is 2.93 bits per heavy atom. The molecule has 0 bridgehead atoms. The molecule has 3 aromatic rings. The number of halogens is 3. The molecule has 0 radical (unpaired) electrons. The summed E-state index contributed by atoms with van der Waals surface area (Å²) < 4.78 is 58.0. The average Bonchev–Trinajstić information content (AvgIpc) is 3.51. The second-order valence-corrected chi connectivity index (χ2v) is 11.9. The predicted molar refractivity (Wildman–Crippen MR) is 154 cm³/mol. The molecule has 43 heavy (non-hydrogen) atoms. The highest BCUT2D eigenvalue weighted by molar-refractivity contribution is 5.92. The lowest BCUT2D eigenvalue weighted by Crippen LogP contribution is -2.51. The fourth-order valence-corrected chi connectivity index (χ4v) is 7.06. The zero-order chi connectivity index (χ0) is 29.7. The number of hydrogen-bond acceptors (Lipinski definition) is 10. The van der Waals surface area contributed by atoms with Gasteiger partial charge in [0, 0.05) is 44.8 Å². The number of aryl methyl sites for hydroxylation is 1. The summed E-state index contributed by atoms with van der Waals surface area (Å²) in [4.78, 5) is 19.3. The molecule has 13 heteroatoms. The van der Waals surface area contributed by atoms with Gasteiger partial charge in [0.15, 0.2) is 17.5 Å². The van der Waals surface area contributed by atoms with Crippen LogP contribution in [0.25, 0.3) is 10.9 Å². The topological polar surface area (TPSA) is 103 Å². The molecule has 7 rings (SSSR count). The summed E-state index contributed by atoms with van der Waals surface area (Å²) in [7, 11) is 0. The molecule has 0 spiro atoms. The van der Waals surface area contributed by atoms with Crippen LogP contribution in [-0.4, -0.2) is 90.1 Å². The summed E-state index contributed by atoms with van der Waals surface area (Å²) in [6, 6.07) is 5.20. The van der Waals surface area contributed by atoms with E-state index in [9.17, 15) is 9.65 Å². The van der Waals surface area contributed by atoms with Crippen molar-refractivity contribution in [1.82, 2.24) is 25.2 Å². The van der Waals surface area contributed by atoms with E-state index in [2.05, 4.69) is 26.3 Å². The molecule has 3 saturated heterocycles. The number of benzene rings is 1. The van der Waals surface area contributed by atoms with Gasteiger partial charge in [0.2, 0.25) is 0 Å². The quantitative estimate of drug-likeness (QED) is 0.454. The zero-order valence-electron chi connectivity index (χ0n) is 24.0. The SMILES string of the molecule is Cc1cc(F)c2c(c1)OCCN2c1ncc2c(N3CCN[C@@H](CC#N)C3)nc(OC[C@@]34CCCN3C[C@H](F)C4)nc2c1F. The number of anilines is 3. The van der Waals surface area contributed by atoms with Crippen LogP contribution in [-0.2, 0) is 0 Å². The Balaban J connectivity index is 1.30. The third kappa shape index (κ3) is 4.96. The summed E-state index contributed by atoms with van der Waals surface area (Å²) in [5.74, 6) is -0.564. The number of ether oxygens (including phenoxy) is 2. The van der Waals surface area contributed by atoms with Crippen molar-refractivity contribution in [2.24, 2.45) is 0 Å². The Labute approximate surface area is 247 Å². The van der Waals surface area contributed by atoms with E-state index in [1.165, 1.54) is 17.2 Å². The maximum absolute atomic E-state index is 16.5. The standard InChI is InChI=1S/C30H33F3N8O2/c1-18-11-22(32)26-23(12-18)42-10-9-41(26)28-24(33)25-21(14-36-28)27(39-8-6-35-20(16-39)3-5-34)38-29(37-25)43-17-30-4-2-7-40(30)15-19(31)13-30/h11-12,14,19-20,35H,2-4,6-10,13,15-17H2,1H3/t19-,20+,30+/m1/s1. The second kappa shape index (κ2) is 11.0. The Kier molecular flexibility index (Phi) is 7.13. The first-order chi connectivity index (χ1) is 20.8.